The van der Waals surface area contributed by atoms with Crippen molar-refractivity contribution in [1.29, 1.82) is 0 Å². The molecule has 3 aliphatic heterocycles. The number of rotatable bonds is 9. The van der Waals surface area contributed by atoms with Gasteiger partial charge in [0.25, 0.3) is 5.91 Å². The number of hydrogen-bond acceptors (Lipinski definition) is 8. The Labute approximate surface area is 319 Å². The summed E-state index contributed by atoms with van der Waals surface area (Å²) in [6.45, 7) is 3.20. The third kappa shape index (κ3) is 6.72. The molecule has 0 unspecified atom stereocenters. The van der Waals surface area contributed by atoms with Crippen LogP contribution in [0.2, 0.25) is 0 Å². The number of aliphatic imine (C=N–C) groups is 1. The minimum absolute atomic E-state index is 0.0511. The number of nitrogens with zero attached hydrogens (tertiary/aromatic N) is 3. The zero-order chi connectivity index (χ0) is 38.4. The van der Waals surface area contributed by atoms with Gasteiger partial charge in [-0.2, -0.15) is 0 Å². The maximum atomic E-state index is 13.8. The van der Waals surface area contributed by atoms with Crippen molar-refractivity contribution in [2.24, 2.45) is 4.99 Å². The maximum absolute atomic E-state index is 13.8. The number of carbonyl (C=O) groups is 2. The molecule has 0 fully saturated rings. The number of fused-ring (bicyclic) bond motifs is 5. The first-order chi connectivity index (χ1) is 26.5. The number of nitrogens with one attached hydrogen (secondary N) is 1. The Kier molecular flexibility index (Phi) is 9.40. The van der Waals surface area contributed by atoms with Gasteiger partial charge in [0.2, 0.25) is 15.9 Å². The fourth-order valence-corrected chi connectivity index (χ4v) is 8.55. The maximum Gasteiger partial charge on any atom is 0.257 e. The van der Waals surface area contributed by atoms with Gasteiger partial charge in [0.1, 0.15) is 12.4 Å². The highest BCUT2D eigenvalue weighted by Crippen LogP contribution is 2.45. The molecular weight excluding hydrogens is 717 g/mol. The van der Waals surface area contributed by atoms with E-state index in [1.807, 2.05) is 54.6 Å². The molecular formula is C43H40N4O7S. The summed E-state index contributed by atoms with van der Waals surface area (Å²) in [5.74, 6) is 0.891. The number of carbonyl (C=O) groups excluding carboxylic acids is 2. The zero-order valence-corrected chi connectivity index (χ0v) is 31.5. The molecule has 8 rings (SSSR count). The van der Waals surface area contributed by atoms with Gasteiger partial charge in [0, 0.05) is 42.7 Å². The molecule has 0 radical (unpaired) electrons. The van der Waals surface area contributed by atoms with Gasteiger partial charge in [-0.1, -0.05) is 73.7 Å². The minimum atomic E-state index is -3.55. The van der Waals surface area contributed by atoms with E-state index in [9.17, 15) is 23.1 Å². The number of ether oxygens (including phenoxy) is 2. The van der Waals surface area contributed by atoms with Gasteiger partial charge in [-0.05, 0) is 64.9 Å². The number of amides is 2. The Morgan fingerprint density at radius 1 is 0.964 bits per heavy atom. The third-order valence-electron chi connectivity index (χ3n) is 10.7. The molecule has 0 saturated heterocycles. The Morgan fingerprint density at radius 2 is 1.73 bits per heavy atom. The first kappa shape index (κ1) is 36.0. The number of hydrogen-bond donors (Lipinski definition) is 2. The van der Waals surface area contributed by atoms with E-state index in [4.69, 9.17) is 14.5 Å². The van der Waals surface area contributed by atoms with Crippen molar-refractivity contribution in [2.45, 2.75) is 43.2 Å². The highest BCUT2D eigenvalue weighted by Gasteiger charge is 2.34. The summed E-state index contributed by atoms with van der Waals surface area (Å²) in [4.78, 5) is 36.0. The average molecular weight is 757 g/mol. The number of anilines is 1. The van der Waals surface area contributed by atoms with Crippen LogP contribution in [-0.4, -0.2) is 69.7 Å². The van der Waals surface area contributed by atoms with Crippen LogP contribution in [0.25, 0.3) is 16.3 Å². The molecule has 0 saturated carbocycles. The highest BCUT2D eigenvalue weighted by atomic mass is 32.2. The fraction of sp³-hybridized carbons (Fsp3) is 0.233. The van der Waals surface area contributed by atoms with Gasteiger partial charge in [-0.25, -0.2) is 13.1 Å². The molecule has 280 valence electrons. The predicted octanol–water partition coefficient (Wildman–Crippen LogP) is 6.75. The van der Waals surface area contributed by atoms with Crippen LogP contribution in [0.5, 0.6) is 17.2 Å². The lowest BCUT2D eigenvalue weighted by atomic mass is 9.94. The fourth-order valence-electron chi connectivity index (χ4n) is 7.82. The summed E-state index contributed by atoms with van der Waals surface area (Å²) < 4.78 is 38.6. The molecule has 5 aromatic rings. The average Bonchev–Trinajstić information content (AvgIpc) is 3.47. The van der Waals surface area contributed by atoms with E-state index in [2.05, 4.69) is 11.6 Å². The van der Waals surface area contributed by atoms with Crippen molar-refractivity contribution in [1.82, 2.24) is 9.62 Å². The molecule has 2 amide bonds. The largest absolute Gasteiger partial charge is 0.507 e. The zero-order valence-electron chi connectivity index (χ0n) is 30.7. The van der Waals surface area contributed by atoms with Crippen molar-refractivity contribution in [2.75, 3.05) is 32.1 Å². The predicted molar refractivity (Wildman–Crippen MR) is 212 cm³/mol. The van der Waals surface area contributed by atoms with Gasteiger partial charge < -0.3 is 24.4 Å². The quantitative estimate of drug-likeness (QED) is 0.170. The van der Waals surface area contributed by atoms with E-state index < -0.39 is 10.0 Å². The SMILES string of the molecule is CNS(=O)(=O)c1ccc(C2=CCN3C(=O)c4cc(OC)c(OCc5cccc(CC(=O)N6C[C@@H](C)c7c6cc(O)c6ccccc76)c5)cc4N=C[C@@H]3C2)cc1. The van der Waals surface area contributed by atoms with Gasteiger partial charge >= 0.3 is 0 Å². The molecule has 55 heavy (non-hydrogen) atoms. The van der Waals surface area contributed by atoms with E-state index in [-0.39, 0.29) is 47.4 Å². The molecule has 3 aliphatic rings. The Hall–Kier alpha value is -5.98. The Balaban J connectivity index is 0.964. The topological polar surface area (TPSA) is 138 Å². The molecule has 0 bridgehead atoms. The number of aromatic hydroxyl groups is 1. The normalized spacial score (nSPS) is 17.7. The number of benzene rings is 5. The molecule has 0 spiro atoms. The van der Waals surface area contributed by atoms with Crippen molar-refractivity contribution >= 4 is 55.8 Å². The lowest BCUT2D eigenvalue weighted by molar-refractivity contribution is -0.117. The van der Waals surface area contributed by atoms with Crippen LogP contribution in [0.1, 0.15) is 51.9 Å². The number of phenols is 1. The monoisotopic (exact) mass is 756 g/mol. The van der Waals surface area contributed by atoms with Crippen molar-refractivity contribution in [3.63, 3.8) is 0 Å². The van der Waals surface area contributed by atoms with Crippen molar-refractivity contribution in [3.05, 3.63) is 125 Å². The summed E-state index contributed by atoms with van der Waals surface area (Å²) in [6.07, 6.45) is 4.47. The molecule has 2 N–H and O–H groups in total. The summed E-state index contributed by atoms with van der Waals surface area (Å²) in [5, 5.41) is 12.5. The van der Waals surface area contributed by atoms with Gasteiger partial charge in [0.15, 0.2) is 11.5 Å². The van der Waals surface area contributed by atoms with Crippen LogP contribution in [-0.2, 0) is 27.8 Å². The smallest absolute Gasteiger partial charge is 0.257 e. The summed E-state index contributed by atoms with van der Waals surface area (Å²) >= 11 is 0. The van der Waals surface area contributed by atoms with Gasteiger partial charge in [-0.15, -0.1) is 0 Å². The molecule has 2 atom stereocenters. The van der Waals surface area contributed by atoms with E-state index in [1.54, 1.807) is 58.5 Å². The molecule has 0 aliphatic carbocycles. The summed E-state index contributed by atoms with van der Waals surface area (Å²) in [7, 11) is -0.645. The van der Waals surface area contributed by atoms with Crippen LogP contribution in [0, 0.1) is 0 Å². The van der Waals surface area contributed by atoms with Crippen molar-refractivity contribution < 1.29 is 32.6 Å². The van der Waals surface area contributed by atoms with Crippen LogP contribution in [0.3, 0.4) is 0 Å². The second-order valence-electron chi connectivity index (χ2n) is 14.1. The second-order valence-corrected chi connectivity index (χ2v) is 15.9. The summed E-state index contributed by atoms with van der Waals surface area (Å²) in [6, 6.07) is 26.9. The summed E-state index contributed by atoms with van der Waals surface area (Å²) in [5.41, 5.74) is 6.28. The van der Waals surface area contributed by atoms with Gasteiger partial charge in [-0.3, -0.25) is 14.6 Å². The van der Waals surface area contributed by atoms with Crippen LogP contribution >= 0.6 is 0 Å². The minimum Gasteiger partial charge on any atom is -0.507 e. The number of methoxy groups -OCH3 is 1. The molecule has 5 aromatic carbocycles. The third-order valence-corrected chi connectivity index (χ3v) is 12.1. The standard InChI is InChI=1S/C43H40N4O7S/c1-26-24-47(37-22-38(48)33-9-4-5-10-34(33)42(26)37)41(49)18-27-7-6-8-28(17-27)25-54-40-21-36-35(20-39(40)53-3)43(50)46-16-15-30(19-31(46)23-45-36)29-11-13-32(14-12-29)55(51,52)44-2/h4-15,17,20-23,26,31,44,48H,16,18-19,24-25H2,1-3H3/t26-,31+/m1/s1. The van der Waals surface area contributed by atoms with Crippen LogP contribution < -0.4 is 19.1 Å². The Morgan fingerprint density at radius 3 is 2.49 bits per heavy atom. The lowest BCUT2D eigenvalue weighted by Crippen LogP contribution is -2.43. The Bertz CT molecular complexity index is 2530. The van der Waals surface area contributed by atoms with E-state index in [0.29, 0.717) is 42.3 Å². The highest BCUT2D eigenvalue weighted by molar-refractivity contribution is 7.89. The van der Waals surface area contributed by atoms with Crippen molar-refractivity contribution in [3.8, 4) is 17.2 Å². The lowest BCUT2D eigenvalue weighted by Gasteiger charge is -2.32. The van der Waals surface area contributed by atoms with Crippen LogP contribution in [0.4, 0.5) is 11.4 Å². The van der Waals surface area contributed by atoms with Crippen LogP contribution in [0.15, 0.2) is 107 Å². The number of sulfonamides is 1. The molecule has 12 heteroatoms. The second kappa shape index (κ2) is 14.3. The molecule has 0 aromatic heterocycles. The first-order valence-corrected chi connectivity index (χ1v) is 19.6. The molecule has 3 heterocycles. The number of phenolic OH excluding ortho intramolecular Hbond substituents is 1. The first-order valence-electron chi connectivity index (χ1n) is 18.1. The molecule has 11 nitrogen and oxygen atoms in total. The van der Waals surface area contributed by atoms with E-state index in [0.717, 1.165) is 44.3 Å². The van der Waals surface area contributed by atoms with E-state index in [1.165, 1.54) is 14.2 Å². The van der Waals surface area contributed by atoms with E-state index >= 15 is 0 Å². The van der Waals surface area contributed by atoms with Gasteiger partial charge in [0.05, 0.1) is 41.4 Å².